The lowest BCUT2D eigenvalue weighted by molar-refractivity contribution is 0.662. The summed E-state index contributed by atoms with van der Waals surface area (Å²) in [5.74, 6) is 1.66. The first-order valence-corrected chi connectivity index (χ1v) is 15.3. The highest BCUT2D eigenvalue weighted by Gasteiger charge is 2.23. The predicted octanol–water partition coefficient (Wildman–Crippen LogP) is 10.6. The maximum atomic E-state index is 6.62. The smallest absolute Gasteiger partial charge is 0.156 e. The molecule has 4 heteroatoms. The molecule has 7 rings (SSSR count). The van der Waals surface area contributed by atoms with Crippen LogP contribution in [0.2, 0.25) is 0 Å². The van der Waals surface area contributed by atoms with E-state index in [2.05, 4.69) is 129 Å². The van der Waals surface area contributed by atoms with E-state index < -0.39 is 0 Å². The Balaban J connectivity index is 1.49. The number of benzene rings is 4. The number of aromatic nitrogens is 3. The summed E-state index contributed by atoms with van der Waals surface area (Å²) in [5, 5.41) is 2.24. The number of imidazole rings is 1. The lowest BCUT2D eigenvalue weighted by Crippen LogP contribution is -2.11. The first kappa shape index (κ1) is 27.2. The van der Waals surface area contributed by atoms with Crippen molar-refractivity contribution in [3.63, 3.8) is 0 Å². The molecular formula is C39H37N3O. The number of furan rings is 1. The van der Waals surface area contributed by atoms with Crippen LogP contribution in [-0.4, -0.2) is 14.5 Å². The summed E-state index contributed by atoms with van der Waals surface area (Å²) >= 11 is 0. The average Bonchev–Trinajstić information content (AvgIpc) is 3.58. The standard InChI is InChI=1S/C39H37N3O/c1-23(2)31-20-28(27-12-8-7-9-13-27)21-32(24(3)4)33(31)22-42-35-15-11-10-14-34(35)41-39(42)30-17-16-25(5)36-29-18-19-40-26(6)37(29)43-38(30)36/h7-21,23-24H,22H2,1-6H3. The quantitative estimate of drug-likeness (QED) is 0.202. The zero-order chi connectivity index (χ0) is 29.8. The van der Waals surface area contributed by atoms with Crippen molar-refractivity contribution in [3.05, 3.63) is 119 Å². The highest BCUT2D eigenvalue weighted by atomic mass is 16.3. The molecule has 0 amide bonds. The maximum Gasteiger partial charge on any atom is 0.156 e. The molecule has 3 heterocycles. The van der Waals surface area contributed by atoms with Gasteiger partial charge in [0.2, 0.25) is 0 Å². The lowest BCUT2D eigenvalue weighted by Gasteiger charge is -2.23. The summed E-state index contributed by atoms with van der Waals surface area (Å²) in [4.78, 5) is 9.76. The number of pyridine rings is 1. The van der Waals surface area contributed by atoms with E-state index in [1.807, 2.05) is 13.1 Å². The van der Waals surface area contributed by atoms with E-state index in [1.165, 1.54) is 33.4 Å². The Hall–Kier alpha value is -4.70. The second kappa shape index (κ2) is 10.5. The second-order valence-corrected chi connectivity index (χ2v) is 12.3. The third-order valence-electron chi connectivity index (χ3n) is 8.80. The Morgan fingerprint density at radius 2 is 1.44 bits per heavy atom. The number of fused-ring (bicyclic) bond motifs is 4. The summed E-state index contributed by atoms with van der Waals surface area (Å²) in [6.45, 7) is 14.1. The van der Waals surface area contributed by atoms with Gasteiger partial charge in [-0.3, -0.25) is 4.98 Å². The molecule has 214 valence electrons. The van der Waals surface area contributed by atoms with Crippen molar-refractivity contribution in [1.82, 2.24) is 14.5 Å². The number of hydrogen-bond donors (Lipinski definition) is 0. The van der Waals surface area contributed by atoms with E-state index in [0.717, 1.165) is 56.6 Å². The lowest BCUT2D eigenvalue weighted by atomic mass is 9.85. The van der Waals surface area contributed by atoms with Crippen LogP contribution in [0.3, 0.4) is 0 Å². The van der Waals surface area contributed by atoms with Gasteiger partial charge in [-0.25, -0.2) is 4.98 Å². The zero-order valence-electron chi connectivity index (χ0n) is 25.8. The van der Waals surface area contributed by atoms with Crippen LogP contribution in [0.1, 0.15) is 67.5 Å². The van der Waals surface area contributed by atoms with Crippen LogP contribution in [-0.2, 0) is 6.54 Å². The Labute approximate surface area is 253 Å². The van der Waals surface area contributed by atoms with Crippen LogP contribution in [0.15, 0.2) is 95.5 Å². The molecule has 0 aliphatic heterocycles. The normalized spacial score (nSPS) is 12.0. The van der Waals surface area contributed by atoms with Gasteiger partial charge in [-0.1, -0.05) is 88.4 Å². The van der Waals surface area contributed by atoms with Crippen molar-refractivity contribution >= 4 is 33.0 Å². The van der Waals surface area contributed by atoms with Gasteiger partial charge in [0.05, 0.1) is 28.8 Å². The predicted molar refractivity (Wildman–Crippen MR) is 179 cm³/mol. The van der Waals surface area contributed by atoms with Crippen LogP contribution in [0.4, 0.5) is 0 Å². The van der Waals surface area contributed by atoms with E-state index in [4.69, 9.17) is 9.40 Å². The molecule has 0 spiro atoms. The second-order valence-electron chi connectivity index (χ2n) is 12.3. The molecule has 0 bridgehead atoms. The Kier molecular flexibility index (Phi) is 6.65. The van der Waals surface area contributed by atoms with Gasteiger partial charge in [-0.05, 0) is 83.3 Å². The van der Waals surface area contributed by atoms with Gasteiger partial charge < -0.3 is 8.98 Å². The Bertz CT molecular complexity index is 2100. The van der Waals surface area contributed by atoms with Crippen LogP contribution in [0.25, 0.3) is 55.5 Å². The van der Waals surface area contributed by atoms with Crippen LogP contribution >= 0.6 is 0 Å². The van der Waals surface area contributed by atoms with Gasteiger partial charge in [0, 0.05) is 17.0 Å². The first-order chi connectivity index (χ1) is 20.8. The molecule has 3 aromatic heterocycles. The zero-order valence-corrected chi connectivity index (χ0v) is 25.8. The SMILES string of the molecule is Cc1nccc2c1oc1c(-c3nc4ccccc4n3Cc3c(C(C)C)cc(-c4ccccc4)cc3C(C)C)ccc(C)c12. The molecule has 0 saturated heterocycles. The highest BCUT2D eigenvalue weighted by Crippen LogP contribution is 2.40. The van der Waals surface area contributed by atoms with Gasteiger partial charge >= 0.3 is 0 Å². The minimum Gasteiger partial charge on any atom is -0.453 e. The number of aryl methyl sites for hydroxylation is 2. The first-order valence-electron chi connectivity index (χ1n) is 15.3. The van der Waals surface area contributed by atoms with Gasteiger partial charge in [0.1, 0.15) is 11.4 Å². The van der Waals surface area contributed by atoms with Crippen molar-refractivity contribution in [2.75, 3.05) is 0 Å². The largest absolute Gasteiger partial charge is 0.453 e. The van der Waals surface area contributed by atoms with Gasteiger partial charge in [0.15, 0.2) is 5.58 Å². The third kappa shape index (κ3) is 4.53. The van der Waals surface area contributed by atoms with Gasteiger partial charge in [-0.15, -0.1) is 0 Å². The fourth-order valence-corrected chi connectivity index (χ4v) is 6.61. The van der Waals surface area contributed by atoms with Crippen molar-refractivity contribution < 1.29 is 4.42 Å². The van der Waals surface area contributed by atoms with Crippen molar-refractivity contribution in [2.24, 2.45) is 0 Å². The number of rotatable bonds is 6. The molecule has 0 saturated carbocycles. The topological polar surface area (TPSA) is 43.9 Å². The molecule has 4 aromatic carbocycles. The van der Waals surface area contributed by atoms with E-state index >= 15 is 0 Å². The highest BCUT2D eigenvalue weighted by molar-refractivity contribution is 6.11. The molecule has 43 heavy (non-hydrogen) atoms. The molecule has 4 nitrogen and oxygen atoms in total. The fraction of sp³-hybridized carbons (Fsp3) is 0.231. The van der Waals surface area contributed by atoms with Crippen molar-refractivity contribution in [1.29, 1.82) is 0 Å². The van der Waals surface area contributed by atoms with E-state index in [1.54, 1.807) is 0 Å². The van der Waals surface area contributed by atoms with Crippen molar-refractivity contribution in [2.45, 2.75) is 59.9 Å². The fourth-order valence-electron chi connectivity index (χ4n) is 6.61. The molecule has 0 N–H and O–H groups in total. The number of para-hydroxylation sites is 2. The summed E-state index contributed by atoms with van der Waals surface area (Å²) in [6, 6.07) is 30.4. The van der Waals surface area contributed by atoms with E-state index in [9.17, 15) is 0 Å². The molecule has 0 aliphatic carbocycles. The third-order valence-corrected chi connectivity index (χ3v) is 8.80. The minimum atomic E-state index is 0.367. The van der Waals surface area contributed by atoms with Gasteiger partial charge in [0.25, 0.3) is 0 Å². The van der Waals surface area contributed by atoms with Crippen molar-refractivity contribution in [3.8, 4) is 22.5 Å². The summed E-state index contributed by atoms with van der Waals surface area (Å²) in [5.41, 5.74) is 13.6. The van der Waals surface area contributed by atoms with E-state index in [-0.39, 0.29) is 0 Å². The summed E-state index contributed by atoms with van der Waals surface area (Å²) < 4.78 is 9.02. The van der Waals surface area contributed by atoms with Crippen LogP contribution < -0.4 is 0 Å². The Morgan fingerprint density at radius 3 is 2.16 bits per heavy atom. The summed E-state index contributed by atoms with van der Waals surface area (Å²) in [7, 11) is 0. The van der Waals surface area contributed by atoms with Crippen LogP contribution in [0.5, 0.6) is 0 Å². The number of hydrogen-bond acceptors (Lipinski definition) is 3. The molecule has 0 unspecified atom stereocenters. The van der Waals surface area contributed by atoms with Gasteiger partial charge in [-0.2, -0.15) is 0 Å². The summed E-state index contributed by atoms with van der Waals surface area (Å²) in [6.07, 6.45) is 1.87. The van der Waals surface area contributed by atoms with E-state index in [0.29, 0.717) is 11.8 Å². The molecule has 7 aromatic rings. The molecule has 0 aliphatic rings. The molecule has 0 fully saturated rings. The Morgan fingerprint density at radius 1 is 0.744 bits per heavy atom. The number of nitrogens with zero attached hydrogens (tertiary/aromatic N) is 3. The molecular weight excluding hydrogens is 526 g/mol. The maximum absolute atomic E-state index is 6.62. The average molecular weight is 564 g/mol. The monoisotopic (exact) mass is 563 g/mol. The molecule has 0 radical (unpaired) electrons. The minimum absolute atomic E-state index is 0.367. The van der Waals surface area contributed by atoms with Crippen LogP contribution in [0, 0.1) is 13.8 Å². The molecule has 0 atom stereocenters.